The van der Waals surface area contributed by atoms with Crippen LogP contribution in [0.15, 0.2) is 48.5 Å². The monoisotopic (exact) mass is 283 g/mol. The van der Waals surface area contributed by atoms with Gasteiger partial charge in [0, 0.05) is 0 Å². The average Bonchev–Trinajstić information content (AvgIpc) is 2.44. The van der Waals surface area contributed by atoms with Gasteiger partial charge in [-0.3, -0.25) is 5.32 Å². The van der Waals surface area contributed by atoms with Gasteiger partial charge in [0.25, 0.3) is 0 Å². The van der Waals surface area contributed by atoms with Crippen molar-refractivity contribution in [2.45, 2.75) is 6.92 Å². The summed E-state index contributed by atoms with van der Waals surface area (Å²) in [4.78, 5) is 0. The van der Waals surface area contributed by atoms with Crippen molar-refractivity contribution in [2.24, 2.45) is 0 Å². The van der Waals surface area contributed by atoms with Gasteiger partial charge in [0.1, 0.15) is 5.75 Å². The van der Waals surface area contributed by atoms with Crippen LogP contribution in [0.1, 0.15) is 5.56 Å². The minimum Gasteiger partial charge on any atom is -0.455 e. The zero-order valence-electron chi connectivity index (χ0n) is 10.9. The summed E-state index contributed by atoms with van der Waals surface area (Å²) in [6.07, 6.45) is 1.77. The number of nitrogens with zero attached hydrogens (tertiary/aromatic N) is 1. The number of rotatable bonds is 3. The number of nitriles is 1. The number of nitrogens with one attached hydrogen (secondary N) is 2. The summed E-state index contributed by atoms with van der Waals surface area (Å²) < 4.78 is 5.81. The van der Waals surface area contributed by atoms with Crippen LogP contribution in [0.2, 0.25) is 0 Å². The first kappa shape index (κ1) is 13.8. The lowest BCUT2D eigenvalue weighted by Crippen LogP contribution is -2.23. The SMILES string of the molecule is Cc1ccc(Oc2ccccc2NC(=S)NC#N)cc1. The quantitative estimate of drug-likeness (QED) is 0.512. The van der Waals surface area contributed by atoms with Gasteiger partial charge in [0.05, 0.1) is 5.69 Å². The number of anilines is 1. The first-order chi connectivity index (χ1) is 9.69. The summed E-state index contributed by atoms with van der Waals surface area (Å²) in [7, 11) is 0. The molecule has 0 bridgehead atoms. The molecule has 2 N–H and O–H groups in total. The Bertz CT molecular complexity index is 647. The minimum atomic E-state index is 0.229. The summed E-state index contributed by atoms with van der Waals surface area (Å²) in [5, 5.41) is 14.0. The van der Waals surface area contributed by atoms with E-state index in [4.69, 9.17) is 22.2 Å². The Morgan fingerprint density at radius 1 is 1.15 bits per heavy atom. The zero-order chi connectivity index (χ0) is 14.4. The van der Waals surface area contributed by atoms with Crippen LogP contribution in [0.4, 0.5) is 5.69 Å². The van der Waals surface area contributed by atoms with E-state index < -0.39 is 0 Å². The molecule has 0 unspecified atom stereocenters. The molecule has 0 aliphatic rings. The molecule has 5 heteroatoms. The van der Waals surface area contributed by atoms with Gasteiger partial charge < -0.3 is 10.1 Å². The number of hydrogen-bond acceptors (Lipinski definition) is 3. The molecule has 0 radical (unpaired) electrons. The highest BCUT2D eigenvalue weighted by Gasteiger charge is 2.05. The van der Waals surface area contributed by atoms with Gasteiger partial charge in [-0.05, 0) is 43.4 Å². The number of ether oxygens (including phenoxy) is 1. The number of aryl methyl sites for hydroxylation is 1. The largest absolute Gasteiger partial charge is 0.455 e. The molecule has 0 aliphatic heterocycles. The third-order valence-corrected chi connectivity index (χ3v) is 2.76. The Balaban J connectivity index is 2.17. The van der Waals surface area contributed by atoms with Crippen LogP contribution in [0, 0.1) is 18.4 Å². The van der Waals surface area contributed by atoms with Crippen molar-refractivity contribution in [1.82, 2.24) is 5.32 Å². The van der Waals surface area contributed by atoms with Crippen molar-refractivity contribution in [3.05, 3.63) is 54.1 Å². The molecule has 20 heavy (non-hydrogen) atoms. The lowest BCUT2D eigenvalue weighted by atomic mass is 10.2. The summed E-state index contributed by atoms with van der Waals surface area (Å²) in [5.41, 5.74) is 1.86. The molecular formula is C15H13N3OS. The van der Waals surface area contributed by atoms with Crippen molar-refractivity contribution in [1.29, 1.82) is 5.26 Å². The predicted molar refractivity (Wildman–Crippen MR) is 82.7 cm³/mol. The lowest BCUT2D eigenvalue weighted by molar-refractivity contribution is 0.485. The smallest absolute Gasteiger partial charge is 0.184 e. The molecule has 0 atom stereocenters. The van der Waals surface area contributed by atoms with Crippen LogP contribution in [0.3, 0.4) is 0 Å². The van der Waals surface area contributed by atoms with Crippen molar-refractivity contribution in [2.75, 3.05) is 5.32 Å². The molecule has 100 valence electrons. The highest BCUT2D eigenvalue weighted by atomic mass is 32.1. The Labute approximate surface area is 123 Å². The molecule has 2 rings (SSSR count). The molecule has 0 saturated carbocycles. The van der Waals surface area contributed by atoms with Gasteiger partial charge in [0.15, 0.2) is 17.1 Å². The first-order valence-electron chi connectivity index (χ1n) is 5.98. The summed E-state index contributed by atoms with van der Waals surface area (Å²) in [5.74, 6) is 1.38. The molecule has 2 aromatic carbocycles. The van der Waals surface area contributed by atoms with Crippen molar-refractivity contribution in [3.8, 4) is 17.7 Å². The maximum atomic E-state index is 8.53. The van der Waals surface area contributed by atoms with Gasteiger partial charge >= 0.3 is 0 Å². The second-order valence-corrected chi connectivity index (χ2v) is 4.51. The van der Waals surface area contributed by atoms with Gasteiger partial charge in [-0.1, -0.05) is 29.8 Å². The summed E-state index contributed by atoms with van der Waals surface area (Å²) in [6.45, 7) is 2.02. The predicted octanol–water partition coefficient (Wildman–Crippen LogP) is 3.55. The van der Waals surface area contributed by atoms with Crippen LogP contribution >= 0.6 is 12.2 Å². The fourth-order valence-corrected chi connectivity index (χ4v) is 1.75. The molecule has 0 amide bonds. The molecule has 0 fully saturated rings. The number of thiocarbonyl (C=S) groups is 1. The van der Waals surface area contributed by atoms with Crippen LogP contribution in [-0.2, 0) is 0 Å². The van der Waals surface area contributed by atoms with E-state index in [0.29, 0.717) is 11.4 Å². The topological polar surface area (TPSA) is 57.1 Å². The van der Waals surface area contributed by atoms with Crippen molar-refractivity contribution >= 4 is 23.0 Å². The summed E-state index contributed by atoms with van der Waals surface area (Å²) >= 11 is 4.98. The standard InChI is InChI=1S/C15H13N3OS/c1-11-6-8-12(9-7-11)19-14-5-3-2-4-13(14)18-15(20)17-10-16/h2-9H,1H3,(H2,17,18,20). The van der Waals surface area contributed by atoms with E-state index in [1.165, 1.54) is 5.56 Å². The van der Waals surface area contributed by atoms with Gasteiger partial charge in [-0.25, -0.2) is 0 Å². The van der Waals surface area contributed by atoms with E-state index in [-0.39, 0.29) is 5.11 Å². The molecular weight excluding hydrogens is 270 g/mol. The highest BCUT2D eigenvalue weighted by molar-refractivity contribution is 7.80. The van der Waals surface area contributed by atoms with E-state index in [2.05, 4.69) is 10.6 Å². The molecule has 2 aromatic rings. The van der Waals surface area contributed by atoms with Crippen LogP contribution in [0.5, 0.6) is 11.5 Å². The molecule has 4 nitrogen and oxygen atoms in total. The molecule has 0 spiro atoms. The maximum absolute atomic E-state index is 8.53. The van der Waals surface area contributed by atoms with Gasteiger partial charge in [0.2, 0.25) is 0 Å². The summed E-state index contributed by atoms with van der Waals surface area (Å²) in [6, 6.07) is 15.2. The Kier molecular flexibility index (Phi) is 4.53. The number of benzene rings is 2. The Morgan fingerprint density at radius 3 is 2.55 bits per heavy atom. The van der Waals surface area contributed by atoms with E-state index in [1.807, 2.05) is 55.5 Å². The second kappa shape index (κ2) is 6.55. The second-order valence-electron chi connectivity index (χ2n) is 4.10. The van der Waals surface area contributed by atoms with Crippen LogP contribution < -0.4 is 15.4 Å². The fourth-order valence-electron chi connectivity index (χ4n) is 1.60. The molecule has 0 aromatic heterocycles. The number of para-hydroxylation sites is 2. The average molecular weight is 283 g/mol. The highest BCUT2D eigenvalue weighted by Crippen LogP contribution is 2.29. The molecule has 0 saturated heterocycles. The Morgan fingerprint density at radius 2 is 1.85 bits per heavy atom. The van der Waals surface area contributed by atoms with Crippen LogP contribution in [-0.4, -0.2) is 5.11 Å². The fraction of sp³-hybridized carbons (Fsp3) is 0.0667. The van der Waals surface area contributed by atoms with Crippen molar-refractivity contribution in [3.63, 3.8) is 0 Å². The maximum Gasteiger partial charge on any atom is 0.184 e. The van der Waals surface area contributed by atoms with E-state index >= 15 is 0 Å². The van der Waals surface area contributed by atoms with E-state index in [9.17, 15) is 0 Å². The number of hydrogen-bond donors (Lipinski definition) is 2. The first-order valence-corrected chi connectivity index (χ1v) is 6.39. The zero-order valence-corrected chi connectivity index (χ0v) is 11.7. The van der Waals surface area contributed by atoms with E-state index in [0.717, 1.165) is 5.75 Å². The molecule has 0 aliphatic carbocycles. The normalized spacial score (nSPS) is 9.40. The minimum absolute atomic E-state index is 0.229. The van der Waals surface area contributed by atoms with Crippen LogP contribution in [0.25, 0.3) is 0 Å². The van der Waals surface area contributed by atoms with E-state index in [1.54, 1.807) is 6.19 Å². The lowest BCUT2D eigenvalue weighted by Gasteiger charge is -2.12. The molecule has 0 heterocycles. The van der Waals surface area contributed by atoms with Crippen molar-refractivity contribution < 1.29 is 4.74 Å². The van der Waals surface area contributed by atoms with Gasteiger partial charge in [-0.15, -0.1) is 0 Å². The Hall–Kier alpha value is -2.58. The third kappa shape index (κ3) is 3.70. The third-order valence-electron chi connectivity index (χ3n) is 2.55. The van der Waals surface area contributed by atoms with Gasteiger partial charge in [-0.2, -0.15) is 5.26 Å².